The largest absolute Gasteiger partial charge is 0.417 e. The second-order valence-electron chi connectivity index (χ2n) is 5.00. The number of nitrogens with two attached hydrogens (primary N) is 1. The van der Waals surface area contributed by atoms with Gasteiger partial charge in [-0.1, -0.05) is 23.7 Å². The lowest BCUT2D eigenvalue weighted by molar-refractivity contribution is -0.137. The molecule has 0 saturated heterocycles. The quantitative estimate of drug-likeness (QED) is 0.797. The van der Waals surface area contributed by atoms with Crippen LogP contribution in [0.15, 0.2) is 48.5 Å². The number of anilines is 1. The van der Waals surface area contributed by atoms with Gasteiger partial charge in [0, 0.05) is 17.3 Å². The second-order valence-corrected chi connectivity index (χ2v) is 5.41. The summed E-state index contributed by atoms with van der Waals surface area (Å²) >= 11 is 5.53. The summed E-state index contributed by atoms with van der Waals surface area (Å²) in [7, 11) is 0. The van der Waals surface area contributed by atoms with Gasteiger partial charge in [-0.3, -0.25) is 9.59 Å². The molecule has 2 aromatic rings. The van der Waals surface area contributed by atoms with Crippen molar-refractivity contribution in [3.63, 3.8) is 0 Å². The first kappa shape index (κ1) is 18.5. The Morgan fingerprint density at radius 3 is 2.48 bits per heavy atom. The Bertz CT molecular complexity index is 848. The molecular weight excluding hydrogens is 357 g/mol. The van der Waals surface area contributed by atoms with E-state index in [0.717, 1.165) is 18.2 Å². The third-order valence-electron chi connectivity index (χ3n) is 3.14. The molecule has 0 aliphatic carbocycles. The molecule has 0 bridgehead atoms. The number of hydrogen-bond donors (Lipinski definition) is 2. The summed E-state index contributed by atoms with van der Waals surface area (Å²) in [5.41, 5.74) is 4.87. The third-order valence-corrected chi connectivity index (χ3v) is 3.47. The monoisotopic (exact) mass is 368 g/mol. The van der Waals surface area contributed by atoms with Crippen LogP contribution in [-0.4, -0.2) is 11.8 Å². The van der Waals surface area contributed by atoms with E-state index in [0.29, 0.717) is 5.69 Å². The number of benzene rings is 2. The highest BCUT2D eigenvalue weighted by Crippen LogP contribution is 2.35. The Hall–Kier alpha value is -2.80. The SMILES string of the molecule is NC(=O)c1cccc(NC(=O)/C=C/c2ccc(Cl)c(C(F)(F)F)c2)c1. The van der Waals surface area contributed by atoms with Gasteiger partial charge in [-0.25, -0.2) is 0 Å². The van der Waals surface area contributed by atoms with Crippen molar-refractivity contribution in [2.24, 2.45) is 5.73 Å². The van der Waals surface area contributed by atoms with Gasteiger partial charge in [0.15, 0.2) is 0 Å². The normalized spacial score (nSPS) is 11.5. The Morgan fingerprint density at radius 2 is 1.84 bits per heavy atom. The lowest BCUT2D eigenvalue weighted by Crippen LogP contribution is -2.12. The van der Waals surface area contributed by atoms with E-state index in [2.05, 4.69) is 5.32 Å². The first-order valence-corrected chi connectivity index (χ1v) is 7.30. The van der Waals surface area contributed by atoms with Crippen molar-refractivity contribution in [3.8, 4) is 0 Å². The molecule has 0 unspecified atom stereocenters. The minimum Gasteiger partial charge on any atom is -0.366 e. The Labute approximate surface area is 146 Å². The zero-order valence-electron chi connectivity index (χ0n) is 12.6. The Kier molecular flexibility index (Phi) is 5.48. The first-order valence-electron chi connectivity index (χ1n) is 6.92. The molecule has 130 valence electrons. The lowest BCUT2D eigenvalue weighted by Gasteiger charge is -2.09. The minimum atomic E-state index is -4.58. The zero-order chi connectivity index (χ0) is 18.6. The molecule has 2 aromatic carbocycles. The molecule has 25 heavy (non-hydrogen) atoms. The summed E-state index contributed by atoms with van der Waals surface area (Å²) < 4.78 is 38.4. The van der Waals surface area contributed by atoms with Crippen LogP contribution in [0.2, 0.25) is 5.02 Å². The molecule has 0 heterocycles. The summed E-state index contributed by atoms with van der Waals surface area (Å²) in [6.45, 7) is 0. The van der Waals surface area contributed by atoms with Gasteiger partial charge in [-0.15, -0.1) is 0 Å². The van der Waals surface area contributed by atoms with Gasteiger partial charge >= 0.3 is 6.18 Å². The van der Waals surface area contributed by atoms with Gasteiger partial charge in [0.2, 0.25) is 11.8 Å². The maximum Gasteiger partial charge on any atom is 0.417 e. The van der Waals surface area contributed by atoms with Crippen LogP contribution in [0, 0.1) is 0 Å². The highest BCUT2D eigenvalue weighted by atomic mass is 35.5. The number of carbonyl (C=O) groups excluding carboxylic acids is 2. The molecule has 0 aromatic heterocycles. The van der Waals surface area contributed by atoms with Gasteiger partial charge in [0.1, 0.15) is 0 Å². The summed E-state index contributed by atoms with van der Waals surface area (Å²) in [6.07, 6.45) is -2.29. The molecule has 0 aliphatic heterocycles. The fourth-order valence-corrected chi connectivity index (χ4v) is 2.19. The van der Waals surface area contributed by atoms with E-state index < -0.39 is 28.6 Å². The molecule has 0 spiro atoms. The lowest BCUT2D eigenvalue weighted by atomic mass is 10.1. The topological polar surface area (TPSA) is 72.2 Å². The van der Waals surface area contributed by atoms with Gasteiger partial charge in [-0.05, 0) is 42.0 Å². The molecule has 0 aliphatic rings. The maximum absolute atomic E-state index is 12.8. The van der Waals surface area contributed by atoms with Crippen LogP contribution in [0.4, 0.5) is 18.9 Å². The number of carbonyl (C=O) groups is 2. The zero-order valence-corrected chi connectivity index (χ0v) is 13.4. The van der Waals surface area contributed by atoms with E-state index in [1.165, 1.54) is 30.3 Å². The number of rotatable bonds is 4. The van der Waals surface area contributed by atoms with Crippen LogP contribution in [0.1, 0.15) is 21.5 Å². The molecule has 0 saturated carbocycles. The number of amides is 2. The van der Waals surface area contributed by atoms with Gasteiger partial charge in [0.25, 0.3) is 0 Å². The van der Waals surface area contributed by atoms with Crippen LogP contribution < -0.4 is 11.1 Å². The van der Waals surface area contributed by atoms with Crippen molar-refractivity contribution in [3.05, 3.63) is 70.3 Å². The highest BCUT2D eigenvalue weighted by molar-refractivity contribution is 6.31. The maximum atomic E-state index is 12.8. The predicted molar refractivity (Wildman–Crippen MR) is 89.1 cm³/mol. The molecule has 8 heteroatoms. The summed E-state index contributed by atoms with van der Waals surface area (Å²) in [6, 6.07) is 9.27. The molecule has 0 radical (unpaired) electrons. The van der Waals surface area contributed by atoms with Crippen molar-refractivity contribution in [1.82, 2.24) is 0 Å². The number of hydrogen-bond acceptors (Lipinski definition) is 2. The second kappa shape index (κ2) is 7.40. The molecule has 4 nitrogen and oxygen atoms in total. The molecule has 2 amide bonds. The number of nitrogens with one attached hydrogen (secondary N) is 1. The number of alkyl halides is 3. The highest BCUT2D eigenvalue weighted by Gasteiger charge is 2.33. The number of primary amides is 1. The number of halogens is 4. The average molecular weight is 369 g/mol. The molecule has 2 rings (SSSR count). The summed E-state index contributed by atoms with van der Waals surface area (Å²) in [4.78, 5) is 22.9. The van der Waals surface area contributed by atoms with Crippen LogP contribution in [0.3, 0.4) is 0 Å². The van der Waals surface area contributed by atoms with Crippen molar-refractivity contribution in [1.29, 1.82) is 0 Å². The Morgan fingerprint density at radius 1 is 1.12 bits per heavy atom. The van der Waals surface area contributed by atoms with Crippen molar-refractivity contribution >= 4 is 35.2 Å². The van der Waals surface area contributed by atoms with E-state index in [9.17, 15) is 22.8 Å². The molecular formula is C17H12ClF3N2O2. The van der Waals surface area contributed by atoms with Crippen LogP contribution in [-0.2, 0) is 11.0 Å². The Balaban J connectivity index is 2.13. The van der Waals surface area contributed by atoms with Gasteiger partial charge in [0.05, 0.1) is 10.6 Å². The standard InChI is InChI=1S/C17H12ClF3N2O2/c18-14-6-4-10(8-13(14)17(19,20)21)5-7-15(24)23-12-3-1-2-11(9-12)16(22)25/h1-9H,(H2,22,25)(H,23,24)/b7-5+. The van der Waals surface area contributed by atoms with Gasteiger partial charge < -0.3 is 11.1 Å². The van der Waals surface area contributed by atoms with Crippen LogP contribution in [0.5, 0.6) is 0 Å². The summed E-state index contributed by atoms with van der Waals surface area (Å²) in [5.74, 6) is -1.22. The molecule has 0 atom stereocenters. The van der Waals surface area contributed by atoms with Crippen LogP contribution >= 0.6 is 11.6 Å². The van der Waals surface area contributed by atoms with E-state index in [4.69, 9.17) is 17.3 Å². The first-order chi connectivity index (χ1) is 11.7. The molecule has 3 N–H and O–H groups in total. The van der Waals surface area contributed by atoms with Crippen molar-refractivity contribution in [2.75, 3.05) is 5.32 Å². The average Bonchev–Trinajstić information content (AvgIpc) is 2.53. The minimum absolute atomic E-state index is 0.165. The fourth-order valence-electron chi connectivity index (χ4n) is 1.97. The van der Waals surface area contributed by atoms with Crippen LogP contribution in [0.25, 0.3) is 6.08 Å². The third kappa shape index (κ3) is 5.09. The van der Waals surface area contributed by atoms with Crippen molar-refractivity contribution in [2.45, 2.75) is 6.18 Å². The van der Waals surface area contributed by atoms with Gasteiger partial charge in [-0.2, -0.15) is 13.2 Å². The van der Waals surface area contributed by atoms with E-state index in [1.807, 2.05) is 0 Å². The van der Waals surface area contributed by atoms with E-state index >= 15 is 0 Å². The summed E-state index contributed by atoms with van der Waals surface area (Å²) in [5, 5.41) is 2.06. The fraction of sp³-hybridized carbons (Fsp3) is 0.0588. The smallest absolute Gasteiger partial charge is 0.366 e. The van der Waals surface area contributed by atoms with Crippen molar-refractivity contribution < 1.29 is 22.8 Å². The molecule has 0 fully saturated rings. The van der Waals surface area contributed by atoms with E-state index in [-0.39, 0.29) is 11.1 Å². The predicted octanol–water partition coefficient (Wildman–Crippen LogP) is 4.11. The van der Waals surface area contributed by atoms with E-state index in [1.54, 1.807) is 6.07 Å².